The zero-order valence-electron chi connectivity index (χ0n) is 8.45. The summed E-state index contributed by atoms with van der Waals surface area (Å²) in [6.07, 6.45) is -3.90. The van der Waals surface area contributed by atoms with Crippen molar-refractivity contribution in [2.45, 2.75) is 24.4 Å². The van der Waals surface area contributed by atoms with Crippen LogP contribution in [0.1, 0.15) is 0 Å². The minimum absolute atomic E-state index is 0.00491. The maximum atomic E-state index is 11.3. The maximum Gasteiger partial charge on any atom is 0.336 e. The van der Waals surface area contributed by atoms with Crippen molar-refractivity contribution in [1.29, 1.82) is 0 Å². The fourth-order valence-electron chi connectivity index (χ4n) is 1.51. The van der Waals surface area contributed by atoms with E-state index in [9.17, 15) is 20.1 Å². The molecule has 4 atom stereocenters. The molecule has 6 heteroatoms. The van der Waals surface area contributed by atoms with Crippen LogP contribution in [0.25, 0.3) is 0 Å². The second-order valence-corrected chi connectivity index (χ2v) is 3.24. The Kier molecular flexibility index (Phi) is 3.81. The predicted molar refractivity (Wildman–Crippen MR) is 48.9 cm³/mol. The number of esters is 1. The Bertz CT molecular complexity index is 274. The van der Waals surface area contributed by atoms with Crippen LogP contribution in [0, 0.1) is 0 Å². The molecular weight excluding hydrogens is 204 g/mol. The Hall–Kier alpha value is -0.950. The molecule has 86 valence electrons. The molecule has 0 bridgehead atoms. The molecular formula is C9H14O6. The van der Waals surface area contributed by atoms with Crippen LogP contribution in [-0.4, -0.2) is 59.9 Å². The average molecular weight is 218 g/mol. The second kappa shape index (κ2) is 4.71. The van der Waals surface area contributed by atoms with Gasteiger partial charge in [0.2, 0.25) is 0 Å². The van der Waals surface area contributed by atoms with Gasteiger partial charge in [-0.1, -0.05) is 0 Å². The van der Waals surface area contributed by atoms with Crippen molar-refractivity contribution in [3.8, 4) is 0 Å². The molecule has 1 rings (SSSR count). The van der Waals surface area contributed by atoms with Crippen molar-refractivity contribution < 1.29 is 29.6 Å². The first-order valence-electron chi connectivity index (χ1n) is 4.40. The zero-order valence-corrected chi connectivity index (χ0v) is 8.45. The molecule has 15 heavy (non-hydrogen) atoms. The largest absolute Gasteiger partial charge is 0.466 e. The Morgan fingerprint density at radius 3 is 2.33 bits per heavy atom. The smallest absolute Gasteiger partial charge is 0.336 e. The van der Waals surface area contributed by atoms with E-state index in [4.69, 9.17) is 4.74 Å². The average Bonchev–Trinajstić information content (AvgIpc) is 2.24. The molecule has 6 nitrogen and oxygen atoms in total. The van der Waals surface area contributed by atoms with Crippen LogP contribution in [-0.2, 0) is 14.3 Å². The van der Waals surface area contributed by atoms with Crippen LogP contribution in [0.4, 0.5) is 0 Å². The first-order valence-corrected chi connectivity index (χ1v) is 4.40. The van der Waals surface area contributed by atoms with Crippen molar-refractivity contribution in [2.75, 3.05) is 14.2 Å². The molecule has 1 aliphatic rings. The molecule has 0 heterocycles. The molecule has 0 saturated carbocycles. The van der Waals surface area contributed by atoms with Crippen LogP contribution in [0.3, 0.4) is 0 Å². The van der Waals surface area contributed by atoms with Gasteiger partial charge in [-0.15, -0.1) is 0 Å². The van der Waals surface area contributed by atoms with E-state index in [-0.39, 0.29) is 5.57 Å². The summed E-state index contributed by atoms with van der Waals surface area (Å²) in [5.74, 6) is -0.702. The number of carbonyl (C=O) groups is 1. The van der Waals surface area contributed by atoms with Crippen LogP contribution in [0.5, 0.6) is 0 Å². The van der Waals surface area contributed by atoms with Crippen LogP contribution < -0.4 is 0 Å². The molecule has 0 radical (unpaired) electrons. The molecule has 0 amide bonds. The summed E-state index contributed by atoms with van der Waals surface area (Å²) in [6.45, 7) is 0. The second-order valence-electron chi connectivity index (χ2n) is 3.24. The SMILES string of the molecule is COC(=O)C1=C[C@@H](O)[C@@H](O)[C@H](O)[C@H]1OC. The van der Waals surface area contributed by atoms with Gasteiger partial charge in [-0.3, -0.25) is 0 Å². The van der Waals surface area contributed by atoms with Crippen molar-refractivity contribution in [2.24, 2.45) is 0 Å². The van der Waals surface area contributed by atoms with E-state index >= 15 is 0 Å². The molecule has 0 fully saturated rings. The van der Waals surface area contributed by atoms with Gasteiger partial charge in [-0.05, 0) is 6.08 Å². The van der Waals surface area contributed by atoms with Crippen molar-refractivity contribution in [1.82, 2.24) is 0 Å². The lowest BCUT2D eigenvalue weighted by Gasteiger charge is -2.33. The molecule has 0 aromatic heterocycles. The van der Waals surface area contributed by atoms with Gasteiger partial charge in [0.25, 0.3) is 0 Å². The van der Waals surface area contributed by atoms with Crippen LogP contribution in [0.15, 0.2) is 11.6 Å². The summed E-state index contributed by atoms with van der Waals surface area (Å²) in [4.78, 5) is 11.3. The molecule has 0 aromatic carbocycles. The number of ether oxygens (including phenoxy) is 2. The van der Waals surface area contributed by atoms with Crippen molar-refractivity contribution >= 4 is 5.97 Å². The van der Waals surface area contributed by atoms with Gasteiger partial charge >= 0.3 is 5.97 Å². The maximum absolute atomic E-state index is 11.3. The molecule has 0 aliphatic heterocycles. The quantitative estimate of drug-likeness (QED) is 0.473. The number of carbonyl (C=O) groups excluding carboxylic acids is 1. The van der Waals surface area contributed by atoms with Gasteiger partial charge in [0.15, 0.2) is 0 Å². The normalized spacial score (nSPS) is 35.9. The number of methoxy groups -OCH3 is 2. The zero-order chi connectivity index (χ0) is 11.6. The van der Waals surface area contributed by atoms with Gasteiger partial charge in [0.05, 0.1) is 12.7 Å². The van der Waals surface area contributed by atoms with E-state index in [1.54, 1.807) is 0 Å². The Labute approximate surface area is 86.7 Å². The van der Waals surface area contributed by atoms with Crippen LogP contribution in [0.2, 0.25) is 0 Å². The third-order valence-corrected chi connectivity index (χ3v) is 2.34. The highest BCUT2D eigenvalue weighted by Gasteiger charge is 2.40. The summed E-state index contributed by atoms with van der Waals surface area (Å²) in [6, 6.07) is 0. The predicted octanol–water partition coefficient (Wildman–Crippen LogP) is -1.80. The lowest BCUT2D eigenvalue weighted by Crippen LogP contribution is -2.50. The fourth-order valence-corrected chi connectivity index (χ4v) is 1.51. The summed E-state index contributed by atoms with van der Waals surface area (Å²) in [5.41, 5.74) is 0.00491. The summed E-state index contributed by atoms with van der Waals surface area (Å²) in [7, 11) is 2.47. The Balaban J connectivity index is 3.01. The molecule has 0 aromatic rings. The minimum Gasteiger partial charge on any atom is -0.466 e. The minimum atomic E-state index is -1.37. The number of hydrogen-bond acceptors (Lipinski definition) is 6. The number of aliphatic hydroxyl groups is 3. The van der Waals surface area contributed by atoms with E-state index in [1.807, 2.05) is 0 Å². The molecule has 0 saturated heterocycles. The molecule has 0 unspecified atom stereocenters. The number of aliphatic hydroxyl groups excluding tert-OH is 3. The first-order chi connectivity index (χ1) is 7.02. The van der Waals surface area contributed by atoms with E-state index in [1.165, 1.54) is 14.2 Å². The van der Waals surface area contributed by atoms with E-state index in [2.05, 4.69) is 4.74 Å². The molecule has 1 aliphatic carbocycles. The van der Waals surface area contributed by atoms with Crippen molar-refractivity contribution in [3.05, 3.63) is 11.6 Å². The molecule has 3 N–H and O–H groups in total. The standard InChI is InChI=1S/C9H14O6/c1-14-8-4(9(13)15-2)3-5(10)6(11)7(8)12/h3,5-8,10-12H,1-2H3/t5-,6-,7+,8+/m1/s1. The lowest BCUT2D eigenvalue weighted by molar-refractivity contribution is -0.143. The highest BCUT2D eigenvalue weighted by molar-refractivity contribution is 5.90. The molecule has 0 spiro atoms. The van der Waals surface area contributed by atoms with Gasteiger partial charge in [0.1, 0.15) is 24.4 Å². The number of hydrogen-bond donors (Lipinski definition) is 3. The van der Waals surface area contributed by atoms with Gasteiger partial charge in [-0.25, -0.2) is 4.79 Å². The summed E-state index contributed by atoms with van der Waals surface area (Å²) < 4.78 is 9.33. The fraction of sp³-hybridized carbons (Fsp3) is 0.667. The highest BCUT2D eigenvalue weighted by Crippen LogP contribution is 2.23. The highest BCUT2D eigenvalue weighted by atomic mass is 16.5. The third kappa shape index (κ3) is 2.18. The van der Waals surface area contributed by atoms with Gasteiger partial charge in [-0.2, -0.15) is 0 Å². The first kappa shape index (κ1) is 12.1. The summed E-state index contributed by atoms with van der Waals surface area (Å²) in [5, 5.41) is 28.2. The van der Waals surface area contributed by atoms with Gasteiger partial charge < -0.3 is 24.8 Å². The summed E-state index contributed by atoms with van der Waals surface area (Å²) >= 11 is 0. The topological polar surface area (TPSA) is 96.2 Å². The van der Waals surface area contributed by atoms with E-state index < -0.39 is 30.4 Å². The lowest BCUT2D eigenvalue weighted by atomic mass is 9.89. The monoisotopic (exact) mass is 218 g/mol. The third-order valence-electron chi connectivity index (χ3n) is 2.34. The Morgan fingerprint density at radius 1 is 1.27 bits per heavy atom. The van der Waals surface area contributed by atoms with Gasteiger partial charge in [0, 0.05) is 7.11 Å². The number of rotatable bonds is 2. The van der Waals surface area contributed by atoms with E-state index in [0.717, 1.165) is 6.08 Å². The van der Waals surface area contributed by atoms with Crippen molar-refractivity contribution in [3.63, 3.8) is 0 Å². The Morgan fingerprint density at radius 2 is 1.87 bits per heavy atom. The van der Waals surface area contributed by atoms with E-state index in [0.29, 0.717) is 0 Å². The van der Waals surface area contributed by atoms with Crippen LogP contribution >= 0.6 is 0 Å².